The molecule has 0 heterocycles. The average molecular weight is 427 g/mol. The molecule has 0 saturated heterocycles. The quantitative estimate of drug-likeness (QED) is 0.406. The topological polar surface area (TPSA) is 9.23 Å². The molecule has 2 aliphatic carbocycles. The molecule has 0 radical (unpaired) electrons. The fourth-order valence-corrected chi connectivity index (χ4v) is 6.01. The van der Waals surface area contributed by atoms with Crippen LogP contribution in [-0.2, 0) is 4.74 Å². The van der Waals surface area contributed by atoms with Gasteiger partial charge in [-0.3, -0.25) is 0 Å². The predicted octanol–water partition coefficient (Wildman–Crippen LogP) is 8.14. The Kier molecular flexibility index (Phi) is 7.76. The van der Waals surface area contributed by atoms with E-state index in [4.69, 9.17) is 4.74 Å². The van der Waals surface area contributed by atoms with E-state index in [1.54, 1.807) is 13.2 Å². The number of benzene rings is 2. The van der Waals surface area contributed by atoms with Crippen LogP contribution in [0.3, 0.4) is 0 Å². The van der Waals surface area contributed by atoms with Gasteiger partial charge in [0.15, 0.2) is 11.6 Å². The summed E-state index contributed by atoms with van der Waals surface area (Å²) in [6.07, 6.45) is 13.5. The molecule has 0 bridgehead atoms. The molecule has 1 nitrogen and oxygen atoms in total. The first-order valence-electron chi connectivity index (χ1n) is 12.2. The summed E-state index contributed by atoms with van der Waals surface area (Å²) in [4.78, 5) is 0. The maximum Gasteiger partial charge on any atom is 0.159 e. The number of methoxy groups -OCH3 is 1. The summed E-state index contributed by atoms with van der Waals surface area (Å²) in [7, 11) is 1.80. The molecule has 0 aliphatic heterocycles. The lowest BCUT2D eigenvalue weighted by Crippen LogP contribution is -2.25. The Morgan fingerprint density at radius 1 is 0.742 bits per heavy atom. The molecule has 0 spiro atoms. The second kappa shape index (κ2) is 10.7. The summed E-state index contributed by atoms with van der Waals surface area (Å²) in [5.74, 6) is 1.84. The van der Waals surface area contributed by atoms with Crippen LogP contribution in [0.1, 0.15) is 75.7 Å². The van der Waals surface area contributed by atoms with Crippen molar-refractivity contribution in [2.75, 3.05) is 13.7 Å². The molecular weight excluding hydrogens is 390 g/mol. The van der Waals surface area contributed by atoms with E-state index in [2.05, 4.69) is 24.3 Å². The Morgan fingerprint density at radius 2 is 1.35 bits per heavy atom. The molecule has 0 amide bonds. The Morgan fingerprint density at radius 3 is 1.97 bits per heavy atom. The van der Waals surface area contributed by atoms with Gasteiger partial charge >= 0.3 is 0 Å². The summed E-state index contributed by atoms with van der Waals surface area (Å²) in [5, 5.41) is 0. The van der Waals surface area contributed by atoms with Crippen molar-refractivity contribution in [3.8, 4) is 11.1 Å². The Bertz CT molecular complexity index is 815. The van der Waals surface area contributed by atoms with Gasteiger partial charge in [-0.2, -0.15) is 0 Å². The van der Waals surface area contributed by atoms with Crippen molar-refractivity contribution in [1.29, 1.82) is 0 Å². The van der Waals surface area contributed by atoms with Crippen LogP contribution in [0.25, 0.3) is 11.1 Å². The smallest absolute Gasteiger partial charge is 0.159 e. The first-order valence-corrected chi connectivity index (χ1v) is 12.2. The van der Waals surface area contributed by atoms with E-state index in [-0.39, 0.29) is 0 Å². The van der Waals surface area contributed by atoms with Crippen LogP contribution in [0.2, 0.25) is 0 Å². The molecule has 0 unspecified atom stereocenters. The highest BCUT2D eigenvalue weighted by molar-refractivity contribution is 5.63. The average Bonchev–Trinajstić information content (AvgIpc) is 2.82. The molecule has 2 saturated carbocycles. The molecule has 168 valence electrons. The summed E-state index contributed by atoms with van der Waals surface area (Å²) >= 11 is 0. The van der Waals surface area contributed by atoms with E-state index in [1.165, 1.54) is 81.9 Å². The lowest BCUT2D eigenvalue weighted by molar-refractivity contribution is 0.144. The van der Waals surface area contributed by atoms with Gasteiger partial charge in [0.05, 0.1) is 0 Å². The fourth-order valence-electron chi connectivity index (χ4n) is 6.01. The minimum absolute atomic E-state index is 0.639. The predicted molar refractivity (Wildman–Crippen MR) is 123 cm³/mol. The van der Waals surface area contributed by atoms with Crippen LogP contribution in [0.4, 0.5) is 8.78 Å². The van der Waals surface area contributed by atoms with Gasteiger partial charge in [-0.1, -0.05) is 43.2 Å². The third-order valence-electron chi connectivity index (χ3n) is 7.93. The molecule has 0 N–H and O–H groups in total. The van der Waals surface area contributed by atoms with Gasteiger partial charge in [0.2, 0.25) is 0 Å². The molecule has 2 fully saturated rings. The van der Waals surface area contributed by atoms with Gasteiger partial charge in [0.1, 0.15) is 0 Å². The summed E-state index contributed by atoms with van der Waals surface area (Å²) in [6, 6.07) is 12.6. The van der Waals surface area contributed by atoms with E-state index >= 15 is 0 Å². The third-order valence-corrected chi connectivity index (χ3v) is 7.93. The van der Waals surface area contributed by atoms with Crippen molar-refractivity contribution in [1.82, 2.24) is 0 Å². The molecule has 2 aromatic rings. The zero-order valence-electron chi connectivity index (χ0n) is 18.8. The van der Waals surface area contributed by atoms with E-state index in [0.29, 0.717) is 5.92 Å². The van der Waals surface area contributed by atoms with E-state index in [9.17, 15) is 8.78 Å². The number of rotatable bonds is 7. The van der Waals surface area contributed by atoms with Crippen LogP contribution in [-0.4, -0.2) is 13.7 Å². The molecule has 2 aliphatic rings. The van der Waals surface area contributed by atoms with Crippen molar-refractivity contribution in [2.24, 2.45) is 17.8 Å². The van der Waals surface area contributed by atoms with Gasteiger partial charge in [0.25, 0.3) is 0 Å². The molecule has 31 heavy (non-hydrogen) atoms. The second-order valence-electron chi connectivity index (χ2n) is 9.78. The van der Waals surface area contributed by atoms with Crippen molar-refractivity contribution < 1.29 is 13.5 Å². The standard InChI is InChI=1S/C28H36F2O/c1-31-18-2-3-20-4-6-21(7-5-20)22-8-10-23(11-9-22)24-12-14-25(15-13-24)26-16-17-27(29)28(30)19-26/h12-17,19-23H,2-11,18H2,1H3/t20-,21-,22?,23?. The maximum atomic E-state index is 13.5. The summed E-state index contributed by atoms with van der Waals surface area (Å²) in [5.41, 5.74) is 3.07. The number of halogens is 2. The van der Waals surface area contributed by atoms with E-state index in [0.717, 1.165) is 35.5 Å². The SMILES string of the molecule is COCCC[C@H]1CC[C@H](C2CCC(c3ccc(-c4ccc(F)c(F)c4)cc3)CC2)CC1. The third kappa shape index (κ3) is 5.74. The Hall–Kier alpha value is -1.74. The zero-order chi connectivity index (χ0) is 21.6. The fraction of sp³-hybridized carbons (Fsp3) is 0.571. The molecule has 0 aromatic heterocycles. The number of ether oxygens (including phenoxy) is 1. The van der Waals surface area contributed by atoms with Crippen LogP contribution in [0, 0.1) is 29.4 Å². The highest BCUT2D eigenvalue weighted by Gasteiger charge is 2.31. The van der Waals surface area contributed by atoms with Gasteiger partial charge < -0.3 is 4.74 Å². The van der Waals surface area contributed by atoms with Crippen molar-refractivity contribution in [3.05, 3.63) is 59.7 Å². The van der Waals surface area contributed by atoms with Crippen molar-refractivity contribution in [2.45, 2.75) is 70.1 Å². The lowest BCUT2D eigenvalue weighted by atomic mass is 9.68. The van der Waals surface area contributed by atoms with Crippen LogP contribution >= 0.6 is 0 Å². The van der Waals surface area contributed by atoms with E-state index in [1.807, 2.05) is 0 Å². The van der Waals surface area contributed by atoms with Gasteiger partial charge in [-0.25, -0.2) is 8.78 Å². The number of hydrogen-bond donors (Lipinski definition) is 0. The van der Waals surface area contributed by atoms with Gasteiger partial charge in [0, 0.05) is 13.7 Å². The summed E-state index contributed by atoms with van der Waals surface area (Å²) in [6.45, 7) is 0.908. The van der Waals surface area contributed by atoms with E-state index < -0.39 is 11.6 Å². The monoisotopic (exact) mass is 426 g/mol. The molecule has 4 rings (SSSR count). The number of hydrogen-bond acceptors (Lipinski definition) is 1. The largest absolute Gasteiger partial charge is 0.385 e. The van der Waals surface area contributed by atoms with Gasteiger partial charge in [-0.15, -0.1) is 0 Å². The second-order valence-corrected chi connectivity index (χ2v) is 9.78. The van der Waals surface area contributed by atoms with Crippen LogP contribution in [0.5, 0.6) is 0 Å². The summed E-state index contributed by atoms with van der Waals surface area (Å²) < 4.78 is 31.9. The normalized spacial score (nSPS) is 26.7. The van der Waals surface area contributed by atoms with Crippen LogP contribution in [0.15, 0.2) is 42.5 Å². The zero-order valence-corrected chi connectivity index (χ0v) is 18.8. The molecule has 3 heteroatoms. The van der Waals surface area contributed by atoms with Crippen molar-refractivity contribution >= 4 is 0 Å². The Balaban J connectivity index is 1.26. The van der Waals surface area contributed by atoms with Gasteiger partial charge in [-0.05, 0) is 104 Å². The first kappa shape index (κ1) is 22.5. The highest BCUT2D eigenvalue weighted by atomic mass is 19.2. The van der Waals surface area contributed by atoms with Crippen molar-refractivity contribution in [3.63, 3.8) is 0 Å². The Labute approximate surface area is 186 Å². The van der Waals surface area contributed by atoms with Crippen LogP contribution < -0.4 is 0 Å². The lowest BCUT2D eigenvalue weighted by Gasteiger charge is -2.38. The molecular formula is C28H36F2O. The highest BCUT2D eigenvalue weighted by Crippen LogP contribution is 2.44. The maximum absolute atomic E-state index is 13.5. The first-order chi connectivity index (χ1) is 15.1. The molecule has 0 atom stereocenters. The molecule has 2 aromatic carbocycles. The minimum Gasteiger partial charge on any atom is -0.385 e. The minimum atomic E-state index is -0.795.